The van der Waals surface area contributed by atoms with Crippen LogP contribution in [0.3, 0.4) is 0 Å². The third kappa shape index (κ3) is 2.97. The molecule has 0 unspecified atom stereocenters. The van der Waals surface area contributed by atoms with Crippen LogP contribution in [-0.2, 0) is 0 Å². The van der Waals surface area contributed by atoms with Crippen LogP contribution in [0.1, 0.15) is 13.8 Å². The van der Waals surface area contributed by atoms with E-state index in [-0.39, 0.29) is 0 Å². The van der Waals surface area contributed by atoms with E-state index in [0.717, 1.165) is 17.4 Å². The van der Waals surface area contributed by atoms with Crippen molar-refractivity contribution in [1.29, 1.82) is 0 Å². The second kappa shape index (κ2) is 5.68. The number of nitrogens with zero attached hydrogens (tertiary/aromatic N) is 1. The molecule has 0 saturated carbocycles. The van der Waals surface area contributed by atoms with Crippen LogP contribution < -0.4 is 10.1 Å². The molecule has 0 spiro atoms. The summed E-state index contributed by atoms with van der Waals surface area (Å²) in [5.41, 5.74) is 1.18. The lowest BCUT2D eigenvalue weighted by Crippen LogP contribution is -1.94. The molecule has 90 valence electrons. The summed E-state index contributed by atoms with van der Waals surface area (Å²) in [5, 5.41) is 4.18. The summed E-state index contributed by atoms with van der Waals surface area (Å²) in [7, 11) is 0. The Morgan fingerprint density at radius 2 is 2.00 bits per heavy atom. The largest absolute Gasteiger partial charge is 0.494 e. The van der Waals surface area contributed by atoms with Gasteiger partial charge >= 0.3 is 0 Å². The predicted molar refractivity (Wildman–Crippen MR) is 72.9 cm³/mol. The van der Waals surface area contributed by atoms with Crippen molar-refractivity contribution < 1.29 is 4.74 Å². The summed E-state index contributed by atoms with van der Waals surface area (Å²) in [6.07, 6.45) is 1.90. The molecule has 1 aromatic carbocycles. The molecule has 17 heavy (non-hydrogen) atoms. The van der Waals surface area contributed by atoms with Gasteiger partial charge in [-0.05, 0) is 43.7 Å². The van der Waals surface area contributed by atoms with Gasteiger partial charge in [-0.25, -0.2) is 4.98 Å². The fourth-order valence-electron chi connectivity index (χ4n) is 1.52. The number of hydrogen-bond acceptors (Lipinski definition) is 4. The summed E-state index contributed by atoms with van der Waals surface area (Å²) in [5.74, 6) is 0.910. The highest BCUT2D eigenvalue weighted by Crippen LogP contribution is 2.29. The summed E-state index contributed by atoms with van der Waals surface area (Å²) in [4.78, 5) is 5.49. The van der Waals surface area contributed by atoms with Crippen LogP contribution in [0.15, 0.2) is 30.5 Å². The minimum atomic E-state index is 0.699. The molecule has 0 bridgehead atoms. The van der Waals surface area contributed by atoms with E-state index in [2.05, 4.69) is 29.4 Å². The Bertz CT molecular complexity index is 465. The molecule has 0 amide bonds. The fourth-order valence-corrected chi connectivity index (χ4v) is 2.41. The number of anilines is 1. The smallest absolute Gasteiger partial charge is 0.183 e. The highest BCUT2D eigenvalue weighted by Gasteiger charge is 2.03. The predicted octanol–water partition coefficient (Wildman–Crippen LogP) is 3.64. The van der Waals surface area contributed by atoms with E-state index in [0.29, 0.717) is 6.61 Å². The molecule has 3 nitrogen and oxygen atoms in total. The summed E-state index contributed by atoms with van der Waals surface area (Å²) in [6, 6.07) is 8.11. The average Bonchev–Trinajstić information content (AvgIpc) is 2.80. The second-order valence-electron chi connectivity index (χ2n) is 3.52. The highest BCUT2D eigenvalue weighted by atomic mass is 32.1. The average molecular weight is 248 g/mol. The molecular formula is C13H16N2OS. The van der Waals surface area contributed by atoms with Crippen LogP contribution in [0, 0.1) is 0 Å². The molecule has 0 atom stereocenters. The zero-order valence-corrected chi connectivity index (χ0v) is 10.9. The first kappa shape index (κ1) is 11.9. The monoisotopic (exact) mass is 248 g/mol. The van der Waals surface area contributed by atoms with Crippen molar-refractivity contribution in [2.24, 2.45) is 0 Å². The van der Waals surface area contributed by atoms with Crippen molar-refractivity contribution in [1.82, 2.24) is 4.98 Å². The quantitative estimate of drug-likeness (QED) is 0.877. The lowest BCUT2D eigenvalue weighted by atomic mass is 10.2. The van der Waals surface area contributed by atoms with Crippen molar-refractivity contribution in [2.45, 2.75) is 13.8 Å². The van der Waals surface area contributed by atoms with E-state index in [1.54, 1.807) is 11.3 Å². The van der Waals surface area contributed by atoms with E-state index in [1.165, 1.54) is 10.4 Å². The SMILES string of the molecule is CCNc1ncc(-c2ccc(OCC)cc2)s1. The minimum absolute atomic E-state index is 0.699. The molecule has 0 aliphatic carbocycles. The number of thiazole rings is 1. The van der Waals surface area contributed by atoms with Gasteiger partial charge in [0.1, 0.15) is 5.75 Å². The van der Waals surface area contributed by atoms with Crippen molar-refractivity contribution >= 4 is 16.5 Å². The lowest BCUT2D eigenvalue weighted by molar-refractivity contribution is 0.340. The molecule has 0 fully saturated rings. The van der Waals surface area contributed by atoms with E-state index in [4.69, 9.17) is 4.74 Å². The molecule has 1 heterocycles. The number of nitrogens with one attached hydrogen (secondary N) is 1. The van der Waals surface area contributed by atoms with Gasteiger partial charge in [0.05, 0.1) is 11.5 Å². The van der Waals surface area contributed by atoms with Crippen molar-refractivity contribution in [3.05, 3.63) is 30.5 Å². The van der Waals surface area contributed by atoms with Crippen LogP contribution >= 0.6 is 11.3 Å². The number of hydrogen-bond donors (Lipinski definition) is 1. The van der Waals surface area contributed by atoms with Crippen LogP contribution in [0.2, 0.25) is 0 Å². The molecule has 4 heteroatoms. The maximum atomic E-state index is 5.42. The molecule has 1 N–H and O–H groups in total. The van der Waals surface area contributed by atoms with Crippen LogP contribution in [0.25, 0.3) is 10.4 Å². The topological polar surface area (TPSA) is 34.2 Å². The Hall–Kier alpha value is -1.55. The van der Waals surface area contributed by atoms with Gasteiger partial charge in [-0.1, -0.05) is 11.3 Å². The molecular weight excluding hydrogens is 232 g/mol. The third-order valence-electron chi connectivity index (χ3n) is 2.28. The first-order valence-corrected chi connectivity index (χ1v) is 6.58. The van der Waals surface area contributed by atoms with Crippen molar-refractivity contribution in [2.75, 3.05) is 18.5 Å². The van der Waals surface area contributed by atoms with Gasteiger partial charge in [0.25, 0.3) is 0 Å². The van der Waals surface area contributed by atoms with Crippen molar-refractivity contribution in [3.63, 3.8) is 0 Å². The first-order valence-electron chi connectivity index (χ1n) is 5.76. The standard InChI is InChI=1S/C13H16N2OS/c1-3-14-13-15-9-12(17-13)10-5-7-11(8-6-10)16-4-2/h5-9H,3-4H2,1-2H3,(H,14,15). The first-order chi connectivity index (χ1) is 8.33. The lowest BCUT2D eigenvalue weighted by Gasteiger charge is -2.03. The van der Waals surface area contributed by atoms with E-state index >= 15 is 0 Å². The van der Waals surface area contributed by atoms with E-state index in [9.17, 15) is 0 Å². The zero-order chi connectivity index (χ0) is 12.1. The maximum Gasteiger partial charge on any atom is 0.183 e. The summed E-state index contributed by atoms with van der Waals surface area (Å²) >= 11 is 1.67. The minimum Gasteiger partial charge on any atom is -0.494 e. The second-order valence-corrected chi connectivity index (χ2v) is 4.55. The Morgan fingerprint density at radius 1 is 1.24 bits per heavy atom. The van der Waals surface area contributed by atoms with Crippen LogP contribution in [-0.4, -0.2) is 18.1 Å². The molecule has 1 aromatic heterocycles. The molecule has 0 radical (unpaired) electrons. The summed E-state index contributed by atoms with van der Waals surface area (Å²) in [6.45, 7) is 5.65. The van der Waals surface area contributed by atoms with Crippen LogP contribution in [0.5, 0.6) is 5.75 Å². The van der Waals surface area contributed by atoms with Gasteiger partial charge in [0, 0.05) is 12.7 Å². The molecule has 0 aliphatic heterocycles. The van der Waals surface area contributed by atoms with Gasteiger partial charge in [-0.2, -0.15) is 0 Å². The van der Waals surface area contributed by atoms with Gasteiger partial charge in [0.15, 0.2) is 5.13 Å². The van der Waals surface area contributed by atoms with Gasteiger partial charge < -0.3 is 10.1 Å². The van der Waals surface area contributed by atoms with Gasteiger partial charge in [0.2, 0.25) is 0 Å². The molecule has 2 aromatic rings. The molecule has 2 rings (SSSR count). The summed E-state index contributed by atoms with van der Waals surface area (Å²) < 4.78 is 5.42. The number of rotatable bonds is 5. The number of ether oxygens (including phenoxy) is 1. The van der Waals surface area contributed by atoms with E-state index in [1.807, 2.05) is 25.3 Å². The maximum absolute atomic E-state index is 5.42. The van der Waals surface area contributed by atoms with E-state index < -0.39 is 0 Å². The van der Waals surface area contributed by atoms with Crippen LogP contribution in [0.4, 0.5) is 5.13 Å². The molecule has 0 aliphatic rings. The van der Waals surface area contributed by atoms with Crippen molar-refractivity contribution in [3.8, 4) is 16.2 Å². The third-order valence-corrected chi connectivity index (χ3v) is 3.29. The van der Waals surface area contributed by atoms with Gasteiger partial charge in [-0.3, -0.25) is 0 Å². The Morgan fingerprint density at radius 3 is 2.65 bits per heavy atom. The number of benzene rings is 1. The normalized spacial score (nSPS) is 10.2. The Labute approximate surface area is 105 Å². The fraction of sp³-hybridized carbons (Fsp3) is 0.308. The Balaban J connectivity index is 2.15. The molecule has 0 saturated heterocycles. The highest BCUT2D eigenvalue weighted by molar-refractivity contribution is 7.18. The van der Waals surface area contributed by atoms with Gasteiger partial charge in [-0.15, -0.1) is 0 Å². The zero-order valence-electron chi connectivity index (χ0n) is 10.1. The number of aromatic nitrogens is 1. The Kier molecular flexibility index (Phi) is 3.98.